The van der Waals surface area contributed by atoms with Crippen LogP contribution in [0.1, 0.15) is 49.4 Å². The Labute approximate surface area is 101 Å². The molecule has 0 fully saturated rings. The standard InChI is InChI=1S/C14H17FO2/c1-2-3-4-8-13(16)10-14(17)11-6-5-7-12(15)9-11/h5-7,9H,2-4,8,10H2,1H3. The Balaban J connectivity index is 2.46. The maximum absolute atomic E-state index is 12.9. The second kappa shape index (κ2) is 6.94. The molecule has 2 nitrogen and oxygen atoms in total. The molecule has 0 N–H and O–H groups in total. The van der Waals surface area contributed by atoms with E-state index in [0.717, 1.165) is 19.3 Å². The lowest BCUT2D eigenvalue weighted by molar-refractivity contribution is -0.118. The Kier molecular flexibility index (Phi) is 5.53. The summed E-state index contributed by atoms with van der Waals surface area (Å²) in [4.78, 5) is 23.1. The summed E-state index contributed by atoms with van der Waals surface area (Å²) in [6.45, 7) is 2.06. The van der Waals surface area contributed by atoms with Gasteiger partial charge in [0, 0.05) is 12.0 Å². The molecule has 0 radical (unpaired) electrons. The van der Waals surface area contributed by atoms with Gasteiger partial charge in [0.15, 0.2) is 5.78 Å². The van der Waals surface area contributed by atoms with Crippen molar-refractivity contribution in [2.45, 2.75) is 39.0 Å². The van der Waals surface area contributed by atoms with Crippen molar-refractivity contribution >= 4 is 11.6 Å². The van der Waals surface area contributed by atoms with Gasteiger partial charge in [0.05, 0.1) is 6.42 Å². The Bertz CT molecular complexity index is 399. The Morgan fingerprint density at radius 3 is 2.65 bits per heavy atom. The first-order chi connectivity index (χ1) is 8.13. The summed E-state index contributed by atoms with van der Waals surface area (Å²) in [7, 11) is 0. The first kappa shape index (κ1) is 13.6. The summed E-state index contributed by atoms with van der Waals surface area (Å²) in [6, 6.07) is 5.45. The smallest absolute Gasteiger partial charge is 0.170 e. The molecule has 0 saturated carbocycles. The van der Waals surface area contributed by atoms with Crippen molar-refractivity contribution in [1.29, 1.82) is 0 Å². The van der Waals surface area contributed by atoms with Crippen LogP contribution in [0.2, 0.25) is 0 Å². The van der Waals surface area contributed by atoms with E-state index in [1.807, 2.05) is 0 Å². The predicted molar refractivity (Wildman–Crippen MR) is 64.5 cm³/mol. The fraction of sp³-hybridized carbons (Fsp3) is 0.429. The number of carbonyl (C=O) groups excluding carboxylic acids is 2. The molecule has 3 heteroatoms. The summed E-state index contributed by atoms with van der Waals surface area (Å²) in [5.41, 5.74) is 0.272. The van der Waals surface area contributed by atoms with Crippen molar-refractivity contribution < 1.29 is 14.0 Å². The third-order valence-corrected chi connectivity index (χ3v) is 2.56. The number of unbranched alkanes of at least 4 members (excludes halogenated alkanes) is 2. The van der Waals surface area contributed by atoms with Crippen LogP contribution in [0.25, 0.3) is 0 Å². The molecule has 92 valence electrons. The fourth-order valence-corrected chi connectivity index (χ4v) is 1.60. The average molecular weight is 236 g/mol. The largest absolute Gasteiger partial charge is 0.299 e. The number of benzene rings is 1. The molecule has 0 aromatic heterocycles. The molecular weight excluding hydrogens is 219 g/mol. The first-order valence-corrected chi connectivity index (χ1v) is 5.94. The summed E-state index contributed by atoms with van der Waals surface area (Å²) >= 11 is 0. The van der Waals surface area contributed by atoms with Gasteiger partial charge in [-0.05, 0) is 18.6 Å². The van der Waals surface area contributed by atoms with E-state index >= 15 is 0 Å². The number of carbonyl (C=O) groups is 2. The van der Waals surface area contributed by atoms with Crippen LogP contribution in [0.15, 0.2) is 24.3 Å². The summed E-state index contributed by atoms with van der Waals surface area (Å²) in [5.74, 6) is -0.812. The van der Waals surface area contributed by atoms with E-state index in [4.69, 9.17) is 0 Å². The number of halogens is 1. The molecule has 0 heterocycles. The highest BCUT2D eigenvalue weighted by molar-refractivity contribution is 6.07. The van der Waals surface area contributed by atoms with E-state index in [9.17, 15) is 14.0 Å². The van der Waals surface area contributed by atoms with Crippen LogP contribution in [0.5, 0.6) is 0 Å². The van der Waals surface area contributed by atoms with E-state index in [1.54, 1.807) is 0 Å². The van der Waals surface area contributed by atoms with Gasteiger partial charge in [0.2, 0.25) is 0 Å². The number of hydrogen-bond acceptors (Lipinski definition) is 2. The summed E-state index contributed by atoms with van der Waals surface area (Å²) in [5, 5.41) is 0. The van der Waals surface area contributed by atoms with Crippen molar-refractivity contribution in [2.75, 3.05) is 0 Å². The van der Waals surface area contributed by atoms with Gasteiger partial charge in [0.1, 0.15) is 11.6 Å². The second-order valence-corrected chi connectivity index (χ2v) is 4.11. The number of ketones is 2. The topological polar surface area (TPSA) is 34.1 Å². The molecule has 0 aliphatic heterocycles. The summed E-state index contributed by atoms with van der Waals surface area (Å²) in [6.07, 6.45) is 3.19. The molecule has 1 aromatic carbocycles. The van der Waals surface area contributed by atoms with Gasteiger partial charge in [-0.2, -0.15) is 0 Å². The lowest BCUT2D eigenvalue weighted by Crippen LogP contribution is -2.08. The SMILES string of the molecule is CCCCCC(=O)CC(=O)c1cccc(F)c1. The predicted octanol–water partition coefficient (Wildman–Crippen LogP) is 3.55. The lowest BCUT2D eigenvalue weighted by Gasteiger charge is -2.01. The molecule has 0 atom stereocenters. The molecule has 0 saturated heterocycles. The highest BCUT2D eigenvalue weighted by atomic mass is 19.1. The van der Waals surface area contributed by atoms with E-state index < -0.39 is 5.82 Å². The van der Waals surface area contributed by atoms with Gasteiger partial charge in [-0.15, -0.1) is 0 Å². The zero-order valence-electron chi connectivity index (χ0n) is 10.0. The van der Waals surface area contributed by atoms with E-state index in [2.05, 4.69) is 6.92 Å². The maximum Gasteiger partial charge on any atom is 0.170 e. The van der Waals surface area contributed by atoms with Crippen molar-refractivity contribution in [1.82, 2.24) is 0 Å². The highest BCUT2D eigenvalue weighted by Crippen LogP contribution is 2.09. The third-order valence-electron chi connectivity index (χ3n) is 2.56. The lowest BCUT2D eigenvalue weighted by atomic mass is 10.0. The van der Waals surface area contributed by atoms with Gasteiger partial charge < -0.3 is 0 Å². The molecule has 0 aliphatic carbocycles. The molecule has 0 amide bonds. The van der Waals surface area contributed by atoms with Crippen LogP contribution < -0.4 is 0 Å². The summed E-state index contributed by atoms with van der Waals surface area (Å²) < 4.78 is 12.9. The quantitative estimate of drug-likeness (QED) is 0.412. The van der Waals surface area contributed by atoms with E-state index in [-0.39, 0.29) is 23.6 Å². The minimum absolute atomic E-state index is 0.0623. The second-order valence-electron chi connectivity index (χ2n) is 4.11. The maximum atomic E-state index is 12.9. The van der Waals surface area contributed by atoms with Crippen LogP contribution in [0.4, 0.5) is 4.39 Å². The monoisotopic (exact) mass is 236 g/mol. The molecular formula is C14H17FO2. The molecule has 1 aromatic rings. The number of hydrogen-bond donors (Lipinski definition) is 0. The van der Waals surface area contributed by atoms with Crippen LogP contribution in [0.3, 0.4) is 0 Å². The number of Topliss-reactive ketones (excluding diaryl/α,β-unsaturated/α-hetero) is 2. The number of rotatable bonds is 7. The van der Waals surface area contributed by atoms with Crippen LogP contribution in [0, 0.1) is 5.82 Å². The molecule has 0 aliphatic rings. The molecule has 0 bridgehead atoms. The molecule has 0 spiro atoms. The fourth-order valence-electron chi connectivity index (χ4n) is 1.60. The van der Waals surface area contributed by atoms with Crippen LogP contribution in [-0.4, -0.2) is 11.6 Å². The van der Waals surface area contributed by atoms with Crippen LogP contribution in [-0.2, 0) is 4.79 Å². The van der Waals surface area contributed by atoms with Gasteiger partial charge in [0.25, 0.3) is 0 Å². The van der Waals surface area contributed by atoms with E-state index in [1.165, 1.54) is 24.3 Å². The molecule has 0 unspecified atom stereocenters. The van der Waals surface area contributed by atoms with Gasteiger partial charge >= 0.3 is 0 Å². The molecule has 1 rings (SSSR count). The zero-order valence-corrected chi connectivity index (χ0v) is 10.0. The van der Waals surface area contributed by atoms with Crippen molar-refractivity contribution in [3.63, 3.8) is 0 Å². The Morgan fingerprint density at radius 2 is 2.00 bits per heavy atom. The van der Waals surface area contributed by atoms with Crippen LogP contribution >= 0.6 is 0 Å². The van der Waals surface area contributed by atoms with Gasteiger partial charge in [-0.3, -0.25) is 9.59 Å². The van der Waals surface area contributed by atoms with Crippen molar-refractivity contribution in [2.24, 2.45) is 0 Å². The zero-order chi connectivity index (χ0) is 12.7. The normalized spacial score (nSPS) is 10.2. The van der Waals surface area contributed by atoms with Gasteiger partial charge in [-0.1, -0.05) is 31.9 Å². The van der Waals surface area contributed by atoms with Crippen molar-refractivity contribution in [3.8, 4) is 0 Å². The average Bonchev–Trinajstić information content (AvgIpc) is 2.29. The molecule has 17 heavy (non-hydrogen) atoms. The third kappa shape index (κ3) is 4.89. The first-order valence-electron chi connectivity index (χ1n) is 5.94. The Hall–Kier alpha value is -1.51. The minimum Gasteiger partial charge on any atom is -0.299 e. The minimum atomic E-state index is -0.450. The van der Waals surface area contributed by atoms with Crippen molar-refractivity contribution in [3.05, 3.63) is 35.6 Å². The highest BCUT2D eigenvalue weighted by Gasteiger charge is 2.11. The van der Waals surface area contributed by atoms with Gasteiger partial charge in [-0.25, -0.2) is 4.39 Å². The Morgan fingerprint density at radius 1 is 1.24 bits per heavy atom. The van der Waals surface area contributed by atoms with E-state index in [0.29, 0.717) is 6.42 Å².